The summed E-state index contributed by atoms with van der Waals surface area (Å²) in [4.78, 5) is 22.9. The van der Waals surface area contributed by atoms with Crippen molar-refractivity contribution in [1.29, 1.82) is 0 Å². The third-order valence-electron chi connectivity index (χ3n) is 4.23. The minimum absolute atomic E-state index is 0.00756. The van der Waals surface area contributed by atoms with Crippen molar-refractivity contribution >= 4 is 28.9 Å². The molecule has 2 aromatic heterocycles. The molecule has 146 valence electrons. The Morgan fingerprint density at radius 2 is 2.14 bits per heavy atom. The molecule has 3 rings (SSSR count). The van der Waals surface area contributed by atoms with Crippen molar-refractivity contribution in [3.8, 4) is 0 Å². The Balaban J connectivity index is 1.60. The number of halogens is 1. The van der Waals surface area contributed by atoms with Gasteiger partial charge in [0.05, 0.1) is 29.2 Å². The first kappa shape index (κ1) is 19.6. The van der Waals surface area contributed by atoms with Crippen LogP contribution in [0.2, 0.25) is 5.02 Å². The minimum Gasteiger partial charge on any atom is -0.326 e. The minimum atomic E-state index is -0.452. The monoisotopic (exact) mass is 402 g/mol. The normalized spacial score (nSPS) is 10.8. The van der Waals surface area contributed by atoms with Crippen LogP contribution < -0.4 is 5.32 Å². The summed E-state index contributed by atoms with van der Waals surface area (Å²) < 4.78 is 3.20. The number of amides is 1. The molecule has 2 heterocycles. The summed E-state index contributed by atoms with van der Waals surface area (Å²) in [7, 11) is 0. The van der Waals surface area contributed by atoms with Crippen LogP contribution >= 0.6 is 11.6 Å². The van der Waals surface area contributed by atoms with Gasteiger partial charge in [-0.25, -0.2) is 0 Å². The van der Waals surface area contributed by atoms with E-state index in [1.54, 1.807) is 37.0 Å². The van der Waals surface area contributed by atoms with Gasteiger partial charge < -0.3 is 5.32 Å². The van der Waals surface area contributed by atoms with E-state index in [4.69, 9.17) is 11.6 Å². The molecule has 0 spiro atoms. The van der Waals surface area contributed by atoms with E-state index in [0.717, 1.165) is 5.56 Å². The number of benzene rings is 1. The summed E-state index contributed by atoms with van der Waals surface area (Å²) >= 11 is 5.87. The number of rotatable bonds is 7. The summed E-state index contributed by atoms with van der Waals surface area (Å²) in [6.45, 7) is 4.00. The lowest BCUT2D eigenvalue weighted by Gasteiger charge is -2.08. The SMILES string of the molecule is Cc1nn(CCC(=O)Nc2cccc(Cn3cc(Cl)cn3)c2)c(C)c1[N+](=O)[O-]. The molecule has 10 heteroatoms. The standard InChI is InChI=1S/C18H19ClN6O3/c1-12-18(25(27)28)13(2)24(22-12)7-6-17(26)21-16-5-3-4-14(8-16)10-23-11-15(19)9-20-23/h3-5,8-9,11H,6-7,10H2,1-2H3,(H,21,26). The number of nitrogens with zero attached hydrogens (tertiary/aromatic N) is 5. The van der Waals surface area contributed by atoms with Crippen molar-refractivity contribution in [3.05, 3.63) is 68.7 Å². The number of aromatic nitrogens is 4. The van der Waals surface area contributed by atoms with Gasteiger partial charge in [-0.3, -0.25) is 24.3 Å². The predicted octanol–water partition coefficient (Wildman–Crippen LogP) is 3.34. The maximum absolute atomic E-state index is 12.3. The van der Waals surface area contributed by atoms with Crippen LogP contribution in [-0.4, -0.2) is 30.4 Å². The summed E-state index contributed by atoms with van der Waals surface area (Å²) in [5.41, 5.74) is 2.41. The zero-order valence-electron chi connectivity index (χ0n) is 15.4. The second-order valence-corrected chi connectivity index (χ2v) is 6.79. The number of carbonyl (C=O) groups is 1. The number of carbonyl (C=O) groups excluding carboxylic acids is 1. The average Bonchev–Trinajstić information content (AvgIpc) is 3.15. The van der Waals surface area contributed by atoms with Gasteiger partial charge in [-0.2, -0.15) is 10.2 Å². The van der Waals surface area contributed by atoms with Gasteiger partial charge in [0.15, 0.2) is 0 Å². The molecule has 0 unspecified atom stereocenters. The number of hydrogen-bond donors (Lipinski definition) is 1. The molecule has 1 N–H and O–H groups in total. The van der Waals surface area contributed by atoms with Crippen LogP contribution in [0.1, 0.15) is 23.4 Å². The van der Waals surface area contributed by atoms with Crippen molar-refractivity contribution in [2.24, 2.45) is 0 Å². The van der Waals surface area contributed by atoms with Crippen molar-refractivity contribution < 1.29 is 9.72 Å². The number of anilines is 1. The van der Waals surface area contributed by atoms with E-state index < -0.39 is 4.92 Å². The summed E-state index contributed by atoms with van der Waals surface area (Å²) in [5.74, 6) is -0.200. The van der Waals surface area contributed by atoms with Crippen LogP contribution in [0, 0.1) is 24.0 Å². The van der Waals surface area contributed by atoms with E-state index in [9.17, 15) is 14.9 Å². The van der Waals surface area contributed by atoms with Gasteiger partial charge in [0.25, 0.3) is 0 Å². The van der Waals surface area contributed by atoms with Gasteiger partial charge >= 0.3 is 5.69 Å². The van der Waals surface area contributed by atoms with Crippen LogP contribution in [0.3, 0.4) is 0 Å². The Bertz CT molecular complexity index is 1030. The molecular formula is C18H19ClN6O3. The van der Waals surface area contributed by atoms with Crippen LogP contribution in [0.15, 0.2) is 36.7 Å². The Labute approximate surface area is 166 Å². The van der Waals surface area contributed by atoms with Crippen LogP contribution in [-0.2, 0) is 17.9 Å². The Morgan fingerprint density at radius 1 is 1.36 bits per heavy atom. The van der Waals surface area contributed by atoms with Gasteiger partial charge in [-0.1, -0.05) is 23.7 Å². The molecule has 1 amide bonds. The van der Waals surface area contributed by atoms with Gasteiger partial charge in [0, 0.05) is 18.3 Å². The Morgan fingerprint density at radius 3 is 2.79 bits per heavy atom. The zero-order chi connectivity index (χ0) is 20.3. The maximum atomic E-state index is 12.3. The first-order chi connectivity index (χ1) is 13.3. The first-order valence-corrected chi connectivity index (χ1v) is 8.96. The van der Waals surface area contributed by atoms with Gasteiger partial charge in [0.2, 0.25) is 5.91 Å². The van der Waals surface area contributed by atoms with Crippen LogP contribution in [0.5, 0.6) is 0 Å². The van der Waals surface area contributed by atoms with Crippen molar-refractivity contribution in [3.63, 3.8) is 0 Å². The molecule has 0 radical (unpaired) electrons. The highest BCUT2D eigenvalue weighted by molar-refractivity contribution is 6.30. The van der Waals surface area contributed by atoms with Crippen molar-refractivity contribution in [2.45, 2.75) is 33.4 Å². The van der Waals surface area contributed by atoms with E-state index in [-0.39, 0.29) is 24.6 Å². The first-order valence-electron chi connectivity index (χ1n) is 8.58. The molecule has 0 aliphatic heterocycles. The Kier molecular flexibility index (Phi) is 5.74. The number of hydrogen-bond acceptors (Lipinski definition) is 5. The zero-order valence-corrected chi connectivity index (χ0v) is 16.2. The molecule has 0 fully saturated rings. The number of nitro groups is 1. The molecule has 0 aliphatic rings. The second-order valence-electron chi connectivity index (χ2n) is 6.35. The van der Waals surface area contributed by atoms with E-state index in [2.05, 4.69) is 15.5 Å². The fraction of sp³-hybridized carbons (Fsp3) is 0.278. The molecule has 0 saturated heterocycles. The molecule has 0 bridgehead atoms. The van der Waals surface area contributed by atoms with Crippen LogP contribution in [0.25, 0.3) is 0 Å². The molecule has 0 aliphatic carbocycles. The molecular weight excluding hydrogens is 384 g/mol. The topological polar surface area (TPSA) is 108 Å². The second kappa shape index (κ2) is 8.22. The summed E-state index contributed by atoms with van der Waals surface area (Å²) in [6, 6.07) is 7.44. The van der Waals surface area contributed by atoms with Gasteiger partial charge in [-0.15, -0.1) is 0 Å². The maximum Gasteiger partial charge on any atom is 0.312 e. The van der Waals surface area contributed by atoms with Crippen molar-refractivity contribution in [1.82, 2.24) is 19.6 Å². The molecule has 9 nitrogen and oxygen atoms in total. The number of aryl methyl sites for hydroxylation is 2. The fourth-order valence-electron chi connectivity index (χ4n) is 2.96. The van der Waals surface area contributed by atoms with Gasteiger partial charge in [0.1, 0.15) is 11.4 Å². The Hall–Kier alpha value is -3.20. The summed E-state index contributed by atoms with van der Waals surface area (Å²) in [6.07, 6.45) is 3.44. The highest BCUT2D eigenvalue weighted by atomic mass is 35.5. The third kappa shape index (κ3) is 4.55. The summed E-state index contributed by atoms with van der Waals surface area (Å²) in [5, 5.41) is 22.7. The highest BCUT2D eigenvalue weighted by Crippen LogP contribution is 2.22. The van der Waals surface area contributed by atoms with E-state index in [1.807, 2.05) is 18.2 Å². The lowest BCUT2D eigenvalue weighted by Crippen LogP contribution is -2.16. The lowest BCUT2D eigenvalue weighted by molar-refractivity contribution is -0.386. The largest absolute Gasteiger partial charge is 0.326 e. The van der Waals surface area contributed by atoms with Crippen molar-refractivity contribution in [2.75, 3.05) is 5.32 Å². The highest BCUT2D eigenvalue weighted by Gasteiger charge is 2.21. The lowest BCUT2D eigenvalue weighted by atomic mass is 10.2. The van der Waals surface area contributed by atoms with Crippen LogP contribution in [0.4, 0.5) is 11.4 Å². The smallest absolute Gasteiger partial charge is 0.312 e. The van der Waals surface area contributed by atoms with E-state index in [0.29, 0.717) is 28.6 Å². The molecule has 0 saturated carbocycles. The van der Waals surface area contributed by atoms with E-state index in [1.165, 1.54) is 4.68 Å². The molecule has 0 atom stereocenters. The number of nitrogens with one attached hydrogen (secondary N) is 1. The quantitative estimate of drug-likeness (QED) is 0.481. The fourth-order valence-corrected chi connectivity index (χ4v) is 3.12. The molecule has 1 aromatic carbocycles. The predicted molar refractivity (Wildman–Crippen MR) is 104 cm³/mol. The molecule has 28 heavy (non-hydrogen) atoms. The molecule has 3 aromatic rings. The van der Waals surface area contributed by atoms with Gasteiger partial charge in [-0.05, 0) is 31.5 Å². The average molecular weight is 403 g/mol. The third-order valence-corrected chi connectivity index (χ3v) is 4.43. The van der Waals surface area contributed by atoms with E-state index >= 15 is 0 Å².